The molecule has 13 heteroatoms. The number of aliphatic carboxylic acids is 1. The number of thiophene rings is 1. The molecule has 0 spiro atoms. The van der Waals surface area contributed by atoms with E-state index in [4.69, 9.17) is 25.7 Å². The first-order valence-corrected chi connectivity index (χ1v) is 14.3. The fraction of sp³-hybridized carbons (Fsp3) is 0.464. The third-order valence-electron chi connectivity index (χ3n) is 7.34. The Kier molecular flexibility index (Phi) is 9.61. The van der Waals surface area contributed by atoms with Gasteiger partial charge in [0.2, 0.25) is 17.7 Å². The minimum absolute atomic E-state index is 0.0623. The molecule has 6 N–H and O–H groups in total. The van der Waals surface area contributed by atoms with Crippen molar-refractivity contribution in [3.8, 4) is 5.75 Å². The van der Waals surface area contributed by atoms with E-state index in [-0.39, 0.29) is 55.2 Å². The van der Waals surface area contributed by atoms with Crippen LogP contribution in [0.1, 0.15) is 49.1 Å². The van der Waals surface area contributed by atoms with E-state index in [2.05, 4.69) is 10.6 Å². The number of amidine groups is 1. The highest BCUT2D eigenvalue weighted by molar-refractivity contribution is 7.10. The molecular formula is C28H35N5O7S. The maximum atomic E-state index is 13.4. The molecule has 2 heterocycles. The second-order valence-corrected chi connectivity index (χ2v) is 11.4. The topological polar surface area (TPSA) is 184 Å². The number of nitrogen functional groups attached to an aromatic ring is 1. The number of rotatable bonds is 15. The summed E-state index contributed by atoms with van der Waals surface area (Å²) in [7, 11) is 0. The number of ether oxygens (including phenoxy) is 2. The molecule has 3 amide bonds. The van der Waals surface area contributed by atoms with Crippen LogP contribution in [-0.2, 0) is 23.9 Å². The number of carbonyl (C=O) groups is 4. The summed E-state index contributed by atoms with van der Waals surface area (Å²) >= 11 is 1.37. The predicted molar refractivity (Wildman–Crippen MR) is 151 cm³/mol. The molecule has 1 aromatic heterocycles. The molecule has 2 aliphatic rings. The Labute approximate surface area is 241 Å². The summed E-state index contributed by atoms with van der Waals surface area (Å²) < 4.78 is 11.0. The van der Waals surface area contributed by atoms with Gasteiger partial charge < -0.3 is 35.8 Å². The SMILES string of the molecule is C[C@@H](NC(=O)[C@@H]1C[C@]2(COCC(=O)O)C[C@@H]2N1C(=O)CNC(=O)CCCOc1ccccc1)c1cc(C(=N)N)cs1. The van der Waals surface area contributed by atoms with Gasteiger partial charge in [-0.3, -0.25) is 19.8 Å². The predicted octanol–water partition coefficient (Wildman–Crippen LogP) is 1.65. The lowest BCUT2D eigenvalue weighted by Gasteiger charge is -2.28. The molecule has 0 bridgehead atoms. The van der Waals surface area contributed by atoms with Crippen LogP contribution in [0.4, 0.5) is 0 Å². The molecule has 1 saturated heterocycles. The molecule has 220 valence electrons. The molecule has 41 heavy (non-hydrogen) atoms. The van der Waals surface area contributed by atoms with Gasteiger partial charge in [0.25, 0.3) is 0 Å². The first-order chi connectivity index (χ1) is 19.6. The van der Waals surface area contributed by atoms with Crippen molar-refractivity contribution in [1.82, 2.24) is 15.5 Å². The highest BCUT2D eigenvalue weighted by Crippen LogP contribution is 2.59. The van der Waals surface area contributed by atoms with Gasteiger partial charge >= 0.3 is 5.97 Å². The summed E-state index contributed by atoms with van der Waals surface area (Å²) in [6.45, 7) is 1.57. The first-order valence-electron chi connectivity index (χ1n) is 13.4. The van der Waals surface area contributed by atoms with Crippen LogP contribution in [0.15, 0.2) is 41.8 Å². The van der Waals surface area contributed by atoms with E-state index < -0.39 is 24.0 Å². The molecule has 12 nitrogen and oxygen atoms in total. The van der Waals surface area contributed by atoms with Crippen LogP contribution in [0.5, 0.6) is 5.75 Å². The van der Waals surface area contributed by atoms with Crippen LogP contribution in [0, 0.1) is 10.8 Å². The Hall–Kier alpha value is -3.97. The zero-order chi connectivity index (χ0) is 29.6. The minimum Gasteiger partial charge on any atom is -0.494 e. The number of likely N-dealkylation sites (tertiary alicyclic amines) is 1. The monoisotopic (exact) mass is 585 g/mol. The molecule has 1 aliphatic carbocycles. The smallest absolute Gasteiger partial charge is 0.329 e. The number of para-hydroxylation sites is 1. The minimum atomic E-state index is -1.09. The van der Waals surface area contributed by atoms with E-state index in [1.165, 1.54) is 16.2 Å². The van der Waals surface area contributed by atoms with Gasteiger partial charge in [-0.1, -0.05) is 18.2 Å². The largest absolute Gasteiger partial charge is 0.494 e. The van der Waals surface area contributed by atoms with Crippen LogP contribution >= 0.6 is 11.3 Å². The van der Waals surface area contributed by atoms with Crippen molar-refractivity contribution >= 4 is 40.9 Å². The Morgan fingerprint density at radius 2 is 2.00 bits per heavy atom. The lowest BCUT2D eigenvalue weighted by Crippen LogP contribution is -2.51. The molecule has 1 aliphatic heterocycles. The lowest BCUT2D eigenvalue weighted by atomic mass is 10.00. The number of nitrogens with zero attached hydrogens (tertiary/aromatic N) is 1. The Morgan fingerprint density at radius 3 is 2.68 bits per heavy atom. The fourth-order valence-electron chi connectivity index (χ4n) is 5.16. The summed E-state index contributed by atoms with van der Waals surface area (Å²) in [6, 6.07) is 9.56. The van der Waals surface area contributed by atoms with E-state index in [1.807, 2.05) is 37.3 Å². The number of carbonyl (C=O) groups excluding carboxylic acids is 3. The number of amides is 3. The quantitative estimate of drug-likeness (QED) is 0.119. The zero-order valence-electron chi connectivity index (χ0n) is 22.8. The van der Waals surface area contributed by atoms with Crippen LogP contribution in [0.2, 0.25) is 0 Å². The van der Waals surface area contributed by atoms with Crippen LogP contribution < -0.4 is 21.1 Å². The van der Waals surface area contributed by atoms with Crippen molar-refractivity contribution < 1.29 is 33.8 Å². The third-order valence-corrected chi connectivity index (χ3v) is 8.45. The average molecular weight is 586 g/mol. The molecule has 0 unspecified atom stereocenters. The van der Waals surface area contributed by atoms with Crippen molar-refractivity contribution in [3.05, 3.63) is 52.2 Å². The Balaban J connectivity index is 1.33. The van der Waals surface area contributed by atoms with Gasteiger partial charge in [0.05, 0.1) is 25.8 Å². The number of carboxylic acids is 1. The van der Waals surface area contributed by atoms with E-state index in [9.17, 15) is 19.2 Å². The van der Waals surface area contributed by atoms with E-state index in [1.54, 1.807) is 11.4 Å². The van der Waals surface area contributed by atoms with E-state index in [0.717, 1.165) is 10.6 Å². The number of hydrogen-bond acceptors (Lipinski definition) is 8. The first kappa shape index (κ1) is 30.0. The molecule has 4 atom stereocenters. The maximum absolute atomic E-state index is 13.4. The van der Waals surface area contributed by atoms with Gasteiger partial charge in [-0.2, -0.15) is 0 Å². The molecule has 1 aromatic carbocycles. The van der Waals surface area contributed by atoms with Gasteiger partial charge in [-0.15, -0.1) is 11.3 Å². The molecule has 0 radical (unpaired) electrons. The van der Waals surface area contributed by atoms with Gasteiger partial charge in [-0.05, 0) is 44.4 Å². The van der Waals surface area contributed by atoms with Crippen LogP contribution in [0.3, 0.4) is 0 Å². The average Bonchev–Trinajstić information content (AvgIpc) is 3.26. The number of hydrogen-bond donors (Lipinski definition) is 5. The number of carboxylic acid groups (broad SMARTS) is 1. The summed E-state index contributed by atoms with van der Waals surface area (Å²) in [6.07, 6.45) is 1.58. The Morgan fingerprint density at radius 1 is 1.24 bits per heavy atom. The molecule has 4 rings (SSSR count). The lowest BCUT2D eigenvalue weighted by molar-refractivity contribution is -0.143. The summed E-state index contributed by atoms with van der Waals surface area (Å²) in [5.41, 5.74) is 5.63. The van der Waals surface area contributed by atoms with Gasteiger partial charge in [-0.25, -0.2) is 4.79 Å². The van der Waals surface area contributed by atoms with Crippen molar-refractivity contribution in [3.63, 3.8) is 0 Å². The number of nitrogens with one attached hydrogen (secondary N) is 3. The summed E-state index contributed by atoms with van der Waals surface area (Å²) in [5, 5.41) is 23.9. The van der Waals surface area contributed by atoms with Crippen LogP contribution in [0.25, 0.3) is 0 Å². The standard InChI is InChI=1S/C28H35N5O7S/c1-17(21-10-18(15-41-21)26(29)30)32-27(38)20-11-28(16-39-14-25(36)37)12-22(28)33(20)24(35)13-31-23(34)8-5-9-40-19-6-3-2-4-7-19/h2-4,6-7,10,15,17,20,22H,5,8-9,11-14,16H2,1H3,(H3,29,30)(H,31,34)(H,32,38)(H,36,37)/t17-,20+,22+,28-/m1/s1. The highest BCUT2D eigenvalue weighted by atomic mass is 32.1. The number of nitrogens with two attached hydrogens (primary N) is 1. The zero-order valence-corrected chi connectivity index (χ0v) is 23.6. The van der Waals surface area contributed by atoms with E-state index in [0.29, 0.717) is 31.4 Å². The normalized spacial score (nSPS) is 21.4. The molecular weight excluding hydrogens is 550 g/mol. The van der Waals surface area contributed by atoms with Crippen molar-refractivity contribution in [2.45, 2.75) is 50.7 Å². The number of benzene rings is 1. The fourth-order valence-corrected chi connectivity index (χ4v) is 6.07. The van der Waals surface area contributed by atoms with Gasteiger partial charge in [0.15, 0.2) is 0 Å². The summed E-state index contributed by atoms with van der Waals surface area (Å²) in [5.74, 6) is -1.47. The number of piperidine rings is 1. The molecule has 2 fully saturated rings. The van der Waals surface area contributed by atoms with Crippen molar-refractivity contribution in [2.24, 2.45) is 11.1 Å². The second kappa shape index (κ2) is 13.1. The maximum Gasteiger partial charge on any atom is 0.329 e. The van der Waals surface area contributed by atoms with Gasteiger partial charge in [0, 0.05) is 33.7 Å². The number of fused-ring (bicyclic) bond motifs is 1. The van der Waals surface area contributed by atoms with Gasteiger partial charge in [0.1, 0.15) is 24.2 Å². The summed E-state index contributed by atoms with van der Waals surface area (Å²) in [4.78, 5) is 52.4. The van der Waals surface area contributed by atoms with Crippen molar-refractivity contribution in [2.75, 3.05) is 26.4 Å². The molecule has 2 aromatic rings. The third kappa shape index (κ3) is 7.61. The second-order valence-electron chi connectivity index (χ2n) is 10.4. The van der Waals surface area contributed by atoms with Crippen LogP contribution in [-0.4, -0.2) is 78.0 Å². The van der Waals surface area contributed by atoms with E-state index >= 15 is 0 Å². The Bertz CT molecular complexity index is 1290. The molecule has 1 saturated carbocycles. The highest BCUT2D eigenvalue weighted by Gasteiger charge is 2.67. The van der Waals surface area contributed by atoms with Crippen molar-refractivity contribution in [1.29, 1.82) is 5.41 Å².